The largest absolute Gasteiger partial charge is 0.588 e. The number of nitrogens with one attached hydrogen (secondary N) is 1. The van der Waals surface area contributed by atoms with Crippen LogP contribution in [0, 0.1) is 13.8 Å². The van der Waals surface area contributed by atoms with Gasteiger partial charge in [0.1, 0.15) is 11.4 Å². The topological polar surface area (TPSA) is 153 Å². The highest BCUT2D eigenvalue weighted by Gasteiger charge is 2.32. The van der Waals surface area contributed by atoms with Crippen LogP contribution in [-0.4, -0.2) is 76.9 Å². The number of aliphatic hydroxyl groups excluding tert-OH is 1. The van der Waals surface area contributed by atoms with Gasteiger partial charge in [0.2, 0.25) is 11.7 Å². The van der Waals surface area contributed by atoms with Gasteiger partial charge in [-0.1, -0.05) is 56.1 Å². The molecule has 2 aromatic heterocycles. The first-order chi connectivity index (χ1) is 25.2. The van der Waals surface area contributed by atoms with Crippen molar-refractivity contribution in [1.29, 1.82) is 0 Å². The molecular weight excluding hydrogens is 679 g/mol. The van der Waals surface area contributed by atoms with E-state index < -0.39 is 17.4 Å². The zero-order valence-corrected chi connectivity index (χ0v) is 30.9. The summed E-state index contributed by atoms with van der Waals surface area (Å²) in [6.07, 6.45) is 4.26. The van der Waals surface area contributed by atoms with Gasteiger partial charge in [-0.25, -0.2) is 9.40 Å². The van der Waals surface area contributed by atoms with E-state index in [1.807, 2.05) is 36.1 Å². The third-order valence-corrected chi connectivity index (χ3v) is 10.4. The molecular formula is C39H45N7O5S. The Kier molecular flexibility index (Phi) is 11.7. The Balaban J connectivity index is 1.34. The number of unbranched alkanes of at least 4 members (excludes halogenated alkanes) is 2. The van der Waals surface area contributed by atoms with Crippen molar-refractivity contribution in [2.24, 2.45) is 0 Å². The lowest BCUT2D eigenvalue weighted by molar-refractivity contribution is 0.0544. The molecule has 12 nitrogen and oxygen atoms in total. The van der Waals surface area contributed by atoms with Crippen molar-refractivity contribution < 1.29 is 23.8 Å². The Bertz CT molecular complexity index is 2000. The van der Waals surface area contributed by atoms with Gasteiger partial charge in [0.15, 0.2) is 10.6 Å². The van der Waals surface area contributed by atoms with E-state index in [-0.39, 0.29) is 18.4 Å². The highest BCUT2D eigenvalue weighted by atomic mass is 32.2. The number of rotatable bonds is 14. The standard InChI is InChI=1S/C39H45N7O5S/c1-5-7-19-44(20-8-6-2)39(49)35-21-26(3)46(41-35)36-18-15-31(43-52(50)33-16-13-28(14-17-33)37-40-27(4)51-42-37)23-34(36)38(48)45-24-30-12-10-9-11-29(30)22-32(45)25-47/h9-18,21,23,32,43,47H,5-8,19-20,22,24-25H2,1-4H3/t32-,52?/m0/s1. The van der Waals surface area contributed by atoms with Crippen LogP contribution in [0.2, 0.25) is 0 Å². The number of hydrogen-bond donors (Lipinski definition) is 2. The van der Waals surface area contributed by atoms with Crippen LogP contribution in [0.4, 0.5) is 5.69 Å². The minimum atomic E-state index is -1.68. The third kappa shape index (κ3) is 8.06. The van der Waals surface area contributed by atoms with E-state index in [2.05, 4.69) is 28.7 Å². The molecule has 0 fully saturated rings. The van der Waals surface area contributed by atoms with Crippen molar-refractivity contribution in [3.63, 3.8) is 0 Å². The van der Waals surface area contributed by atoms with Crippen molar-refractivity contribution in [1.82, 2.24) is 29.7 Å². The summed E-state index contributed by atoms with van der Waals surface area (Å²) in [7, 11) is 0. The van der Waals surface area contributed by atoms with Gasteiger partial charge in [-0.2, -0.15) is 10.1 Å². The molecule has 2 atom stereocenters. The predicted octanol–water partition coefficient (Wildman–Crippen LogP) is 6.28. The van der Waals surface area contributed by atoms with E-state index in [0.717, 1.165) is 42.4 Å². The molecule has 0 saturated heterocycles. The quantitative estimate of drug-likeness (QED) is 0.126. The third-order valence-electron chi connectivity index (χ3n) is 9.30. The van der Waals surface area contributed by atoms with Crippen LogP contribution in [0.1, 0.15) is 83.1 Å². The minimum Gasteiger partial charge on any atom is -0.588 e. The number of aryl methyl sites for hydroxylation is 2. The molecule has 0 spiro atoms. The van der Waals surface area contributed by atoms with Crippen LogP contribution in [0.15, 0.2) is 82.2 Å². The number of anilines is 1. The van der Waals surface area contributed by atoms with Crippen LogP contribution in [0.3, 0.4) is 0 Å². The number of hydrogen-bond acceptors (Lipinski definition) is 9. The van der Waals surface area contributed by atoms with Crippen molar-refractivity contribution in [3.8, 4) is 17.1 Å². The smallest absolute Gasteiger partial charge is 0.274 e. The van der Waals surface area contributed by atoms with Crippen LogP contribution in [-0.2, 0) is 24.3 Å². The van der Waals surface area contributed by atoms with E-state index in [9.17, 15) is 19.2 Å². The molecule has 0 radical (unpaired) electrons. The van der Waals surface area contributed by atoms with Gasteiger partial charge >= 0.3 is 0 Å². The van der Waals surface area contributed by atoms with Gasteiger partial charge in [0.25, 0.3) is 11.8 Å². The van der Waals surface area contributed by atoms with E-state index >= 15 is 0 Å². The SMILES string of the molecule is CCCCN(CCCC)C(=O)c1cc(C)n(-c2ccc(N[S+]([O-])c3ccc(-c4noc(C)n4)cc3)cc2C(=O)N2Cc3ccccc3C[C@H]2CO)n1. The van der Waals surface area contributed by atoms with Gasteiger partial charge < -0.3 is 24.0 Å². The van der Waals surface area contributed by atoms with Crippen molar-refractivity contribution >= 4 is 28.9 Å². The first kappa shape index (κ1) is 36.8. The second-order valence-corrected chi connectivity index (χ2v) is 14.3. The fourth-order valence-corrected chi connectivity index (χ4v) is 7.25. The summed E-state index contributed by atoms with van der Waals surface area (Å²) in [6.45, 7) is 9.19. The maximum absolute atomic E-state index is 14.6. The Morgan fingerprint density at radius 2 is 1.71 bits per heavy atom. The number of aromatic nitrogens is 4. The molecule has 272 valence electrons. The molecule has 0 aliphatic carbocycles. The second kappa shape index (κ2) is 16.6. The lowest BCUT2D eigenvalue weighted by Crippen LogP contribution is -2.46. The Morgan fingerprint density at radius 3 is 2.37 bits per heavy atom. The molecule has 1 unspecified atom stereocenters. The highest BCUT2D eigenvalue weighted by molar-refractivity contribution is 7.92. The van der Waals surface area contributed by atoms with Gasteiger partial charge in [-0.3, -0.25) is 9.59 Å². The average Bonchev–Trinajstić information content (AvgIpc) is 3.78. The monoisotopic (exact) mass is 723 g/mol. The molecule has 5 aromatic rings. The Morgan fingerprint density at radius 1 is 1.00 bits per heavy atom. The van der Waals surface area contributed by atoms with E-state index in [1.54, 1.807) is 65.0 Å². The van der Waals surface area contributed by atoms with Gasteiger partial charge in [-0.05, 0) is 85.8 Å². The molecule has 13 heteroatoms. The maximum Gasteiger partial charge on any atom is 0.274 e. The molecule has 0 saturated carbocycles. The summed E-state index contributed by atoms with van der Waals surface area (Å²) in [4.78, 5) is 36.6. The summed E-state index contributed by atoms with van der Waals surface area (Å²) in [5, 5.41) is 19.1. The fraction of sp³-hybridized carbons (Fsp3) is 0.359. The Hall–Kier alpha value is -4.98. The lowest BCUT2D eigenvalue weighted by Gasteiger charge is -2.36. The first-order valence-corrected chi connectivity index (χ1v) is 18.9. The molecule has 3 heterocycles. The molecule has 2 N–H and O–H groups in total. The predicted molar refractivity (Wildman–Crippen MR) is 199 cm³/mol. The molecule has 6 rings (SSSR count). The fourth-order valence-electron chi connectivity index (χ4n) is 6.41. The van der Waals surface area contributed by atoms with E-state index in [4.69, 9.17) is 9.62 Å². The molecule has 3 aromatic carbocycles. The number of carbonyl (C=O) groups excluding carboxylic acids is 2. The lowest BCUT2D eigenvalue weighted by atomic mass is 9.93. The zero-order valence-electron chi connectivity index (χ0n) is 30.0. The number of carbonyl (C=O) groups is 2. The van der Waals surface area contributed by atoms with E-state index in [1.165, 1.54) is 0 Å². The van der Waals surface area contributed by atoms with Gasteiger partial charge in [-0.15, -0.1) is 0 Å². The molecule has 1 aliphatic heterocycles. The number of aliphatic hydroxyl groups is 1. The van der Waals surface area contributed by atoms with Crippen molar-refractivity contribution in [2.45, 2.75) is 77.3 Å². The van der Waals surface area contributed by atoms with Crippen molar-refractivity contribution in [2.75, 3.05) is 24.4 Å². The highest BCUT2D eigenvalue weighted by Crippen LogP contribution is 2.30. The zero-order chi connectivity index (χ0) is 36.8. The Labute approximate surface area is 307 Å². The number of amides is 2. The molecule has 52 heavy (non-hydrogen) atoms. The summed E-state index contributed by atoms with van der Waals surface area (Å²) < 4.78 is 23.3. The van der Waals surface area contributed by atoms with Gasteiger partial charge in [0, 0.05) is 37.8 Å². The number of fused-ring (bicyclic) bond motifs is 1. The second-order valence-electron chi connectivity index (χ2n) is 13.1. The normalized spacial score (nSPS) is 14.6. The summed E-state index contributed by atoms with van der Waals surface area (Å²) in [5.74, 6) is 0.439. The number of nitrogens with zero attached hydrogens (tertiary/aromatic N) is 6. The van der Waals surface area contributed by atoms with Crippen LogP contribution in [0.5, 0.6) is 0 Å². The van der Waals surface area contributed by atoms with Crippen LogP contribution in [0.25, 0.3) is 17.1 Å². The first-order valence-electron chi connectivity index (χ1n) is 17.8. The summed E-state index contributed by atoms with van der Waals surface area (Å²) in [6, 6.07) is 21.4. The summed E-state index contributed by atoms with van der Waals surface area (Å²) in [5.41, 5.74) is 5.05. The van der Waals surface area contributed by atoms with Gasteiger partial charge in [0.05, 0.1) is 29.6 Å². The maximum atomic E-state index is 14.6. The van der Waals surface area contributed by atoms with Crippen LogP contribution >= 0.6 is 0 Å². The molecule has 0 bridgehead atoms. The summed E-state index contributed by atoms with van der Waals surface area (Å²) >= 11 is -1.68. The van der Waals surface area contributed by atoms with Crippen LogP contribution < -0.4 is 4.72 Å². The van der Waals surface area contributed by atoms with E-state index in [0.29, 0.717) is 71.0 Å². The minimum absolute atomic E-state index is 0.140. The number of benzene rings is 3. The molecule has 2 amide bonds. The molecule has 1 aliphatic rings. The van der Waals surface area contributed by atoms with Crippen molar-refractivity contribution in [3.05, 3.63) is 107 Å². The average molecular weight is 724 g/mol.